The summed E-state index contributed by atoms with van der Waals surface area (Å²) >= 11 is 0. The number of esters is 1. The Balaban J connectivity index is 1.80. The van der Waals surface area contributed by atoms with Crippen LogP contribution in [0.3, 0.4) is 0 Å². The highest BCUT2D eigenvalue weighted by atomic mass is 16.5. The molecule has 1 aliphatic rings. The molecule has 0 amide bonds. The van der Waals surface area contributed by atoms with Gasteiger partial charge in [0.1, 0.15) is 11.6 Å². The number of aromatic nitrogens is 2. The van der Waals surface area contributed by atoms with E-state index in [-0.39, 0.29) is 5.88 Å². The Morgan fingerprint density at radius 2 is 1.91 bits per heavy atom. The van der Waals surface area contributed by atoms with Crippen LogP contribution in [0.15, 0.2) is 60.0 Å². The molecule has 32 heavy (non-hydrogen) atoms. The number of nitrogens with one attached hydrogen (secondary N) is 1. The molecule has 0 spiro atoms. The van der Waals surface area contributed by atoms with E-state index in [0.717, 1.165) is 28.8 Å². The summed E-state index contributed by atoms with van der Waals surface area (Å²) in [6.45, 7) is 4.37. The second-order valence-electron chi connectivity index (χ2n) is 8.15. The van der Waals surface area contributed by atoms with Crippen molar-refractivity contribution in [3.8, 4) is 23.2 Å². The molecule has 1 unspecified atom stereocenters. The van der Waals surface area contributed by atoms with Crippen LogP contribution in [0.25, 0.3) is 11.3 Å². The number of carbonyl (C=O) groups is 1. The van der Waals surface area contributed by atoms with Crippen molar-refractivity contribution >= 4 is 5.97 Å². The first-order chi connectivity index (χ1) is 15.4. The van der Waals surface area contributed by atoms with E-state index in [0.29, 0.717) is 22.9 Å². The van der Waals surface area contributed by atoms with Gasteiger partial charge in [-0.1, -0.05) is 50.2 Å². The lowest BCUT2D eigenvalue weighted by molar-refractivity contribution is 0.0600. The van der Waals surface area contributed by atoms with E-state index in [1.54, 1.807) is 24.3 Å². The average Bonchev–Trinajstić information content (AvgIpc) is 3.21. The maximum absolute atomic E-state index is 11.8. The van der Waals surface area contributed by atoms with Gasteiger partial charge in [0.05, 0.1) is 29.8 Å². The fourth-order valence-corrected chi connectivity index (χ4v) is 4.01. The third-order valence-corrected chi connectivity index (χ3v) is 5.49. The Kier molecular flexibility index (Phi) is 5.69. The van der Waals surface area contributed by atoms with Crippen molar-refractivity contribution < 1.29 is 14.3 Å². The van der Waals surface area contributed by atoms with Crippen molar-refractivity contribution in [2.75, 3.05) is 7.11 Å². The number of nitriles is 1. The molecule has 162 valence electrons. The Hall–Kier alpha value is -4.05. The van der Waals surface area contributed by atoms with Crippen LogP contribution in [0, 0.1) is 17.2 Å². The van der Waals surface area contributed by atoms with Gasteiger partial charge < -0.3 is 15.2 Å². The van der Waals surface area contributed by atoms with E-state index in [4.69, 9.17) is 15.2 Å². The molecule has 7 nitrogen and oxygen atoms in total. The van der Waals surface area contributed by atoms with Gasteiger partial charge >= 0.3 is 5.97 Å². The summed E-state index contributed by atoms with van der Waals surface area (Å²) in [6, 6.07) is 17.4. The number of hydrogen-bond donors (Lipinski definition) is 2. The molecular weight excluding hydrogens is 404 g/mol. The molecule has 4 rings (SSSR count). The molecule has 0 aliphatic carbocycles. The smallest absolute Gasteiger partial charge is 0.337 e. The van der Waals surface area contributed by atoms with Gasteiger partial charge in [0.25, 0.3) is 0 Å². The summed E-state index contributed by atoms with van der Waals surface area (Å²) < 4.78 is 10.4. The predicted octanol–water partition coefficient (Wildman–Crippen LogP) is 4.28. The first-order valence-electron chi connectivity index (χ1n) is 10.4. The van der Waals surface area contributed by atoms with Crippen LogP contribution in [0.2, 0.25) is 0 Å². The largest absolute Gasteiger partial charge is 0.465 e. The molecule has 0 bridgehead atoms. The second kappa shape index (κ2) is 8.60. The molecule has 0 fully saturated rings. The molecule has 0 saturated carbocycles. The van der Waals surface area contributed by atoms with Crippen LogP contribution in [0.1, 0.15) is 46.8 Å². The van der Waals surface area contributed by atoms with Gasteiger partial charge in [0.2, 0.25) is 11.8 Å². The van der Waals surface area contributed by atoms with Crippen molar-refractivity contribution in [2.24, 2.45) is 11.7 Å². The minimum absolute atomic E-state index is 0.0207. The zero-order chi connectivity index (χ0) is 22.8. The lowest BCUT2D eigenvalue weighted by Gasteiger charge is -2.24. The number of hydrogen-bond acceptors (Lipinski definition) is 6. The van der Waals surface area contributed by atoms with Crippen LogP contribution in [-0.2, 0) is 11.2 Å². The van der Waals surface area contributed by atoms with Gasteiger partial charge in [0, 0.05) is 5.56 Å². The van der Waals surface area contributed by atoms with Crippen molar-refractivity contribution in [3.63, 3.8) is 0 Å². The van der Waals surface area contributed by atoms with Crippen LogP contribution in [0.4, 0.5) is 0 Å². The number of fused-ring (bicyclic) bond motifs is 1. The highest BCUT2D eigenvalue weighted by molar-refractivity contribution is 5.89. The molecule has 3 N–H and O–H groups in total. The summed E-state index contributed by atoms with van der Waals surface area (Å²) in [6.07, 6.45) is 0.998. The number of H-pyrrole nitrogens is 1. The minimum Gasteiger partial charge on any atom is -0.465 e. The van der Waals surface area contributed by atoms with E-state index < -0.39 is 11.9 Å². The van der Waals surface area contributed by atoms with Crippen LogP contribution in [-0.4, -0.2) is 23.3 Å². The van der Waals surface area contributed by atoms with Gasteiger partial charge in [-0.15, -0.1) is 5.10 Å². The highest BCUT2D eigenvalue weighted by Crippen LogP contribution is 2.45. The molecule has 1 aromatic heterocycles. The van der Waals surface area contributed by atoms with Gasteiger partial charge in [-0.05, 0) is 35.6 Å². The molecule has 1 aliphatic heterocycles. The number of carbonyl (C=O) groups excluding carboxylic acids is 1. The Morgan fingerprint density at radius 1 is 1.22 bits per heavy atom. The lowest BCUT2D eigenvalue weighted by atomic mass is 9.82. The van der Waals surface area contributed by atoms with Crippen molar-refractivity contribution in [1.29, 1.82) is 5.26 Å². The molecule has 3 aromatic rings. The summed E-state index contributed by atoms with van der Waals surface area (Å²) in [5.74, 6) is 0.0137. The Bertz CT molecular complexity index is 1220. The Morgan fingerprint density at radius 3 is 2.50 bits per heavy atom. The molecule has 2 aromatic carbocycles. The van der Waals surface area contributed by atoms with Crippen LogP contribution >= 0.6 is 0 Å². The average molecular weight is 428 g/mol. The number of ether oxygens (including phenoxy) is 2. The van der Waals surface area contributed by atoms with E-state index in [9.17, 15) is 10.1 Å². The fourth-order valence-electron chi connectivity index (χ4n) is 4.01. The molecule has 0 radical (unpaired) electrons. The van der Waals surface area contributed by atoms with E-state index in [2.05, 4.69) is 42.2 Å². The molecule has 1 atom stereocenters. The van der Waals surface area contributed by atoms with Crippen molar-refractivity contribution in [2.45, 2.75) is 26.2 Å². The number of nitrogens with two attached hydrogens (primary N) is 1. The zero-order valence-electron chi connectivity index (χ0n) is 18.2. The van der Waals surface area contributed by atoms with Gasteiger partial charge in [-0.2, -0.15) is 5.26 Å². The maximum Gasteiger partial charge on any atom is 0.337 e. The van der Waals surface area contributed by atoms with E-state index in [1.807, 2.05) is 12.1 Å². The first-order valence-corrected chi connectivity index (χ1v) is 10.4. The van der Waals surface area contributed by atoms with Gasteiger partial charge in [-0.3, -0.25) is 5.10 Å². The van der Waals surface area contributed by atoms with Gasteiger partial charge in [0.15, 0.2) is 0 Å². The summed E-state index contributed by atoms with van der Waals surface area (Å²) in [5, 5.41) is 17.2. The lowest BCUT2D eigenvalue weighted by Crippen LogP contribution is -2.21. The topological polar surface area (TPSA) is 114 Å². The number of aromatic amines is 1. The van der Waals surface area contributed by atoms with Crippen LogP contribution < -0.4 is 10.5 Å². The van der Waals surface area contributed by atoms with E-state index in [1.165, 1.54) is 12.7 Å². The normalized spacial score (nSPS) is 15.2. The maximum atomic E-state index is 11.8. The molecule has 0 saturated heterocycles. The first kappa shape index (κ1) is 21.2. The van der Waals surface area contributed by atoms with E-state index >= 15 is 0 Å². The number of benzene rings is 2. The predicted molar refractivity (Wildman–Crippen MR) is 120 cm³/mol. The number of rotatable bonds is 5. The van der Waals surface area contributed by atoms with Crippen LogP contribution in [0.5, 0.6) is 5.88 Å². The second-order valence-corrected chi connectivity index (χ2v) is 8.15. The zero-order valence-corrected chi connectivity index (χ0v) is 18.2. The Labute approximate surface area is 186 Å². The van der Waals surface area contributed by atoms with Crippen molar-refractivity contribution in [1.82, 2.24) is 10.2 Å². The number of allylic oxidation sites excluding steroid dienone is 1. The standard InChI is InChI=1S/C25H24N4O3/c1-14(2)12-15-4-6-17(7-5-15)22-21-20(16-8-10-18(11-9-16)25(30)31-3)19(13-26)23(27)32-24(21)29-28-22/h4-11,14,20H,12,27H2,1-3H3,(H,28,29). The molecule has 2 heterocycles. The molecule has 7 heteroatoms. The fraction of sp³-hybridized carbons (Fsp3) is 0.240. The monoisotopic (exact) mass is 428 g/mol. The molecular formula is C25H24N4O3. The quantitative estimate of drug-likeness (QED) is 0.586. The number of methoxy groups -OCH3 is 1. The third kappa shape index (κ3) is 3.83. The minimum atomic E-state index is -0.487. The summed E-state index contributed by atoms with van der Waals surface area (Å²) in [5.41, 5.74) is 11.2. The van der Waals surface area contributed by atoms with Gasteiger partial charge in [-0.25, -0.2) is 4.79 Å². The highest BCUT2D eigenvalue weighted by Gasteiger charge is 2.35. The van der Waals surface area contributed by atoms with Crippen molar-refractivity contribution in [3.05, 3.63) is 82.2 Å². The number of nitrogens with zero attached hydrogens (tertiary/aromatic N) is 2. The summed E-state index contributed by atoms with van der Waals surface area (Å²) in [4.78, 5) is 11.8. The summed E-state index contributed by atoms with van der Waals surface area (Å²) in [7, 11) is 1.34. The SMILES string of the molecule is COC(=O)c1ccc(C2C(C#N)=C(N)Oc3n[nH]c(-c4ccc(CC(C)C)cc4)c32)cc1. The third-order valence-electron chi connectivity index (χ3n) is 5.49.